The second-order valence-corrected chi connectivity index (χ2v) is 3.22. The molecular weight excluding hydrogens is 150 g/mol. The van der Waals surface area contributed by atoms with E-state index in [-0.39, 0.29) is 0 Å². The van der Waals surface area contributed by atoms with Crippen molar-refractivity contribution in [3.8, 4) is 5.75 Å². The molecule has 1 aromatic rings. The van der Waals surface area contributed by atoms with E-state index in [1.165, 1.54) is 5.56 Å². The van der Waals surface area contributed by atoms with Gasteiger partial charge in [-0.1, -0.05) is 13.8 Å². The van der Waals surface area contributed by atoms with E-state index >= 15 is 0 Å². The molecule has 0 unspecified atom stereocenters. The maximum atomic E-state index is 5.20. The Bertz CT molecular complexity index is 269. The van der Waals surface area contributed by atoms with Crippen LogP contribution in [0.5, 0.6) is 5.75 Å². The molecule has 0 saturated heterocycles. The highest BCUT2D eigenvalue weighted by Crippen LogP contribution is 2.25. The first-order chi connectivity index (χ1) is 5.65. The number of aromatic nitrogens is 1. The Morgan fingerprint density at radius 1 is 1.42 bits per heavy atom. The summed E-state index contributed by atoms with van der Waals surface area (Å²) < 4.78 is 5.20. The van der Waals surface area contributed by atoms with Crippen molar-refractivity contribution in [2.75, 3.05) is 7.11 Å². The van der Waals surface area contributed by atoms with Gasteiger partial charge in [-0.05, 0) is 18.9 Å². The van der Waals surface area contributed by atoms with Crippen molar-refractivity contribution >= 4 is 0 Å². The summed E-state index contributed by atoms with van der Waals surface area (Å²) >= 11 is 0. The van der Waals surface area contributed by atoms with Gasteiger partial charge in [0.1, 0.15) is 5.75 Å². The lowest BCUT2D eigenvalue weighted by atomic mass is 10.0. The van der Waals surface area contributed by atoms with Gasteiger partial charge in [-0.3, -0.25) is 4.98 Å². The molecule has 2 heteroatoms. The van der Waals surface area contributed by atoms with Gasteiger partial charge in [0.05, 0.1) is 13.3 Å². The molecule has 0 spiro atoms. The Hall–Kier alpha value is -1.05. The topological polar surface area (TPSA) is 22.1 Å². The number of hydrogen-bond donors (Lipinski definition) is 0. The van der Waals surface area contributed by atoms with Crippen LogP contribution in [0.4, 0.5) is 0 Å². The maximum absolute atomic E-state index is 5.20. The number of methoxy groups -OCH3 is 1. The number of rotatable bonds is 2. The Morgan fingerprint density at radius 2 is 2.08 bits per heavy atom. The molecule has 0 amide bonds. The summed E-state index contributed by atoms with van der Waals surface area (Å²) in [4.78, 5) is 4.17. The maximum Gasteiger partial charge on any atom is 0.140 e. The van der Waals surface area contributed by atoms with Crippen molar-refractivity contribution in [2.45, 2.75) is 26.7 Å². The lowest BCUT2D eigenvalue weighted by molar-refractivity contribution is 0.405. The van der Waals surface area contributed by atoms with E-state index in [9.17, 15) is 0 Å². The second-order valence-electron chi connectivity index (χ2n) is 3.22. The number of pyridine rings is 1. The molecule has 0 bridgehead atoms. The number of nitrogens with zero attached hydrogens (tertiary/aromatic N) is 1. The third-order valence-electron chi connectivity index (χ3n) is 1.88. The van der Waals surface area contributed by atoms with E-state index < -0.39 is 0 Å². The van der Waals surface area contributed by atoms with Crippen molar-refractivity contribution in [2.24, 2.45) is 0 Å². The zero-order valence-electron chi connectivity index (χ0n) is 8.09. The molecule has 0 fully saturated rings. The molecule has 0 aliphatic carbocycles. The highest BCUT2D eigenvalue weighted by molar-refractivity contribution is 5.34. The predicted octanol–water partition coefficient (Wildman–Crippen LogP) is 2.52. The minimum absolute atomic E-state index is 0.488. The smallest absolute Gasteiger partial charge is 0.140 e. The van der Waals surface area contributed by atoms with E-state index in [0.29, 0.717) is 5.92 Å². The van der Waals surface area contributed by atoms with Crippen molar-refractivity contribution in [3.05, 3.63) is 23.5 Å². The van der Waals surface area contributed by atoms with Crippen molar-refractivity contribution < 1.29 is 4.74 Å². The molecule has 1 aromatic heterocycles. The normalized spacial score (nSPS) is 10.4. The Kier molecular flexibility index (Phi) is 2.69. The predicted molar refractivity (Wildman–Crippen MR) is 49.6 cm³/mol. The number of aryl methyl sites for hydroxylation is 1. The SMILES string of the molecule is COc1cnc(C)cc1C(C)C. The summed E-state index contributed by atoms with van der Waals surface area (Å²) in [6.07, 6.45) is 1.78. The molecule has 1 rings (SSSR count). The van der Waals surface area contributed by atoms with E-state index in [4.69, 9.17) is 4.74 Å². The van der Waals surface area contributed by atoms with Gasteiger partial charge in [0, 0.05) is 11.3 Å². The number of ether oxygens (including phenoxy) is 1. The Morgan fingerprint density at radius 3 is 2.58 bits per heavy atom. The highest BCUT2D eigenvalue weighted by Gasteiger charge is 2.06. The first-order valence-electron chi connectivity index (χ1n) is 4.15. The first-order valence-corrected chi connectivity index (χ1v) is 4.15. The van der Waals surface area contributed by atoms with Gasteiger partial charge in [0.15, 0.2) is 0 Å². The fraction of sp³-hybridized carbons (Fsp3) is 0.500. The summed E-state index contributed by atoms with van der Waals surface area (Å²) in [5, 5.41) is 0. The van der Waals surface area contributed by atoms with Gasteiger partial charge in [0.2, 0.25) is 0 Å². The molecule has 12 heavy (non-hydrogen) atoms. The van der Waals surface area contributed by atoms with Crippen molar-refractivity contribution in [1.82, 2.24) is 4.98 Å². The molecule has 2 nitrogen and oxygen atoms in total. The first kappa shape index (κ1) is 9.04. The lowest BCUT2D eigenvalue weighted by Gasteiger charge is -2.11. The minimum Gasteiger partial charge on any atom is -0.495 e. The average molecular weight is 165 g/mol. The monoisotopic (exact) mass is 165 g/mol. The third kappa shape index (κ3) is 1.76. The minimum atomic E-state index is 0.488. The summed E-state index contributed by atoms with van der Waals surface area (Å²) in [7, 11) is 1.68. The highest BCUT2D eigenvalue weighted by atomic mass is 16.5. The van der Waals surface area contributed by atoms with Crippen LogP contribution in [0.3, 0.4) is 0 Å². The Balaban J connectivity index is 3.12. The fourth-order valence-corrected chi connectivity index (χ4v) is 1.19. The van der Waals surface area contributed by atoms with Crippen molar-refractivity contribution in [3.63, 3.8) is 0 Å². The van der Waals surface area contributed by atoms with Crippen LogP contribution in [0.1, 0.15) is 31.0 Å². The van der Waals surface area contributed by atoms with Gasteiger partial charge in [-0.15, -0.1) is 0 Å². The van der Waals surface area contributed by atoms with Crippen molar-refractivity contribution in [1.29, 1.82) is 0 Å². The van der Waals surface area contributed by atoms with Crippen LogP contribution in [-0.2, 0) is 0 Å². The summed E-state index contributed by atoms with van der Waals surface area (Å²) in [6.45, 7) is 6.29. The molecule has 0 aromatic carbocycles. The Labute approximate surface area is 73.6 Å². The zero-order valence-corrected chi connectivity index (χ0v) is 8.09. The van der Waals surface area contributed by atoms with E-state index in [1.807, 2.05) is 6.92 Å². The van der Waals surface area contributed by atoms with Gasteiger partial charge in [-0.25, -0.2) is 0 Å². The lowest BCUT2D eigenvalue weighted by Crippen LogP contribution is -1.96. The van der Waals surface area contributed by atoms with Gasteiger partial charge < -0.3 is 4.74 Å². The van der Waals surface area contributed by atoms with Crippen LogP contribution in [0, 0.1) is 6.92 Å². The molecule has 0 aliphatic rings. The second kappa shape index (κ2) is 3.57. The van der Waals surface area contributed by atoms with Crippen LogP contribution in [-0.4, -0.2) is 12.1 Å². The quantitative estimate of drug-likeness (QED) is 0.671. The summed E-state index contributed by atoms with van der Waals surface area (Å²) in [5.41, 5.74) is 2.27. The summed E-state index contributed by atoms with van der Waals surface area (Å²) in [6, 6.07) is 2.07. The standard InChI is InChI=1S/C10H15NO/c1-7(2)9-5-8(3)11-6-10(9)12-4/h5-7H,1-4H3. The molecule has 0 radical (unpaired) electrons. The van der Waals surface area contributed by atoms with E-state index in [2.05, 4.69) is 24.9 Å². The van der Waals surface area contributed by atoms with Crippen LogP contribution < -0.4 is 4.74 Å². The molecule has 0 atom stereocenters. The van der Waals surface area contributed by atoms with Crippen LogP contribution in [0.25, 0.3) is 0 Å². The van der Waals surface area contributed by atoms with Gasteiger partial charge in [0.25, 0.3) is 0 Å². The average Bonchev–Trinajstić information content (AvgIpc) is 2.04. The van der Waals surface area contributed by atoms with E-state index in [0.717, 1.165) is 11.4 Å². The van der Waals surface area contributed by atoms with Crippen LogP contribution in [0.2, 0.25) is 0 Å². The van der Waals surface area contributed by atoms with Crippen LogP contribution >= 0.6 is 0 Å². The molecule has 0 N–H and O–H groups in total. The third-order valence-corrected chi connectivity index (χ3v) is 1.88. The van der Waals surface area contributed by atoms with Gasteiger partial charge in [-0.2, -0.15) is 0 Å². The van der Waals surface area contributed by atoms with E-state index in [1.54, 1.807) is 13.3 Å². The molecule has 1 heterocycles. The molecule has 0 saturated carbocycles. The number of hydrogen-bond acceptors (Lipinski definition) is 2. The van der Waals surface area contributed by atoms with Crippen LogP contribution in [0.15, 0.2) is 12.3 Å². The molecule has 0 aliphatic heterocycles. The zero-order chi connectivity index (χ0) is 9.14. The van der Waals surface area contributed by atoms with Gasteiger partial charge >= 0.3 is 0 Å². The largest absolute Gasteiger partial charge is 0.495 e. The fourth-order valence-electron chi connectivity index (χ4n) is 1.19. The molecule has 66 valence electrons. The molecular formula is C10H15NO. The summed E-state index contributed by atoms with van der Waals surface area (Å²) in [5.74, 6) is 1.37.